The molecule has 1 aromatic heterocycles. The average Bonchev–Trinajstić information content (AvgIpc) is 2.73. The average molecular weight is 222 g/mol. The summed E-state index contributed by atoms with van der Waals surface area (Å²) in [7, 11) is 2.06. The molecule has 4 nitrogen and oxygen atoms in total. The molecule has 0 aromatic carbocycles. The van der Waals surface area contributed by atoms with Gasteiger partial charge in [0.2, 0.25) is 5.95 Å². The van der Waals surface area contributed by atoms with Gasteiger partial charge in [-0.3, -0.25) is 0 Å². The van der Waals surface area contributed by atoms with Gasteiger partial charge >= 0.3 is 0 Å². The Kier molecular flexibility index (Phi) is 3.83. The van der Waals surface area contributed by atoms with Crippen LogP contribution < -0.4 is 10.2 Å². The number of anilines is 1. The number of imidazole rings is 1. The number of hydrogen-bond donors (Lipinski definition) is 1. The number of rotatable bonds is 4. The quantitative estimate of drug-likeness (QED) is 0.835. The van der Waals surface area contributed by atoms with Crippen molar-refractivity contribution in [1.29, 1.82) is 0 Å². The van der Waals surface area contributed by atoms with Gasteiger partial charge in [-0.25, -0.2) is 4.98 Å². The molecular weight excluding hydrogens is 200 g/mol. The second-order valence-corrected chi connectivity index (χ2v) is 4.58. The molecule has 0 aliphatic carbocycles. The van der Waals surface area contributed by atoms with Gasteiger partial charge in [0, 0.05) is 38.6 Å². The third kappa shape index (κ3) is 2.55. The van der Waals surface area contributed by atoms with E-state index in [2.05, 4.69) is 33.7 Å². The molecule has 2 heterocycles. The molecule has 2 rings (SSSR count). The van der Waals surface area contributed by atoms with Crippen molar-refractivity contribution >= 4 is 5.95 Å². The molecule has 1 N–H and O–H groups in total. The lowest BCUT2D eigenvalue weighted by atomic mass is 10.1. The molecule has 1 aliphatic rings. The molecule has 1 saturated heterocycles. The van der Waals surface area contributed by atoms with Crippen LogP contribution in [0.15, 0.2) is 12.4 Å². The lowest BCUT2D eigenvalue weighted by Crippen LogP contribution is -2.46. The highest BCUT2D eigenvalue weighted by atomic mass is 15.3. The SMILES string of the molecule is CCCNC1CCCN(c2nccn2C)C1. The molecule has 16 heavy (non-hydrogen) atoms. The Bertz CT molecular complexity index is 321. The van der Waals surface area contributed by atoms with Gasteiger partial charge in [0.25, 0.3) is 0 Å². The zero-order valence-corrected chi connectivity index (χ0v) is 10.3. The summed E-state index contributed by atoms with van der Waals surface area (Å²) >= 11 is 0. The molecule has 0 spiro atoms. The number of aryl methyl sites for hydroxylation is 1. The summed E-state index contributed by atoms with van der Waals surface area (Å²) in [6.07, 6.45) is 7.64. The van der Waals surface area contributed by atoms with Crippen molar-refractivity contribution in [1.82, 2.24) is 14.9 Å². The lowest BCUT2D eigenvalue weighted by Gasteiger charge is -2.33. The fourth-order valence-electron chi connectivity index (χ4n) is 2.34. The van der Waals surface area contributed by atoms with E-state index in [-0.39, 0.29) is 0 Å². The van der Waals surface area contributed by atoms with Crippen LogP contribution in [0.5, 0.6) is 0 Å². The van der Waals surface area contributed by atoms with Crippen LogP contribution in [0.1, 0.15) is 26.2 Å². The van der Waals surface area contributed by atoms with Gasteiger partial charge in [-0.1, -0.05) is 6.92 Å². The predicted molar refractivity (Wildman–Crippen MR) is 66.7 cm³/mol. The maximum absolute atomic E-state index is 4.42. The zero-order valence-electron chi connectivity index (χ0n) is 10.3. The van der Waals surface area contributed by atoms with E-state index in [1.165, 1.54) is 19.3 Å². The van der Waals surface area contributed by atoms with Crippen molar-refractivity contribution in [2.45, 2.75) is 32.2 Å². The summed E-state index contributed by atoms with van der Waals surface area (Å²) in [5, 5.41) is 3.60. The highest BCUT2D eigenvalue weighted by Crippen LogP contribution is 2.17. The van der Waals surface area contributed by atoms with Crippen molar-refractivity contribution < 1.29 is 0 Å². The monoisotopic (exact) mass is 222 g/mol. The summed E-state index contributed by atoms with van der Waals surface area (Å²) < 4.78 is 2.10. The summed E-state index contributed by atoms with van der Waals surface area (Å²) in [4.78, 5) is 6.80. The highest BCUT2D eigenvalue weighted by Gasteiger charge is 2.21. The molecule has 90 valence electrons. The van der Waals surface area contributed by atoms with Crippen LogP contribution in [-0.2, 0) is 7.05 Å². The van der Waals surface area contributed by atoms with E-state index in [1.54, 1.807) is 0 Å². The Balaban J connectivity index is 1.94. The molecule has 1 fully saturated rings. The highest BCUT2D eigenvalue weighted by molar-refractivity contribution is 5.32. The largest absolute Gasteiger partial charge is 0.341 e. The van der Waals surface area contributed by atoms with Crippen molar-refractivity contribution in [2.75, 3.05) is 24.5 Å². The Morgan fingerprint density at radius 3 is 3.12 bits per heavy atom. The van der Waals surface area contributed by atoms with E-state index in [1.807, 2.05) is 12.4 Å². The molecule has 1 atom stereocenters. The summed E-state index contributed by atoms with van der Waals surface area (Å²) in [5.74, 6) is 1.10. The molecule has 0 bridgehead atoms. The van der Waals surface area contributed by atoms with Gasteiger partial charge in [-0.15, -0.1) is 0 Å². The topological polar surface area (TPSA) is 33.1 Å². The number of nitrogens with one attached hydrogen (secondary N) is 1. The fraction of sp³-hybridized carbons (Fsp3) is 0.750. The van der Waals surface area contributed by atoms with Crippen molar-refractivity contribution in [3.63, 3.8) is 0 Å². The Morgan fingerprint density at radius 1 is 1.56 bits per heavy atom. The van der Waals surface area contributed by atoms with Gasteiger partial charge in [0.1, 0.15) is 0 Å². The third-order valence-corrected chi connectivity index (χ3v) is 3.18. The second-order valence-electron chi connectivity index (χ2n) is 4.58. The van der Waals surface area contributed by atoms with E-state index < -0.39 is 0 Å². The molecule has 1 unspecified atom stereocenters. The van der Waals surface area contributed by atoms with Crippen LogP contribution in [0.3, 0.4) is 0 Å². The normalized spacial score (nSPS) is 21.4. The molecule has 0 amide bonds. The van der Waals surface area contributed by atoms with Crippen LogP contribution >= 0.6 is 0 Å². The summed E-state index contributed by atoms with van der Waals surface area (Å²) in [6, 6.07) is 0.630. The minimum atomic E-state index is 0.630. The first-order chi connectivity index (χ1) is 7.81. The van der Waals surface area contributed by atoms with Crippen LogP contribution in [0, 0.1) is 0 Å². The van der Waals surface area contributed by atoms with Crippen LogP contribution in [0.2, 0.25) is 0 Å². The van der Waals surface area contributed by atoms with Crippen LogP contribution in [0.25, 0.3) is 0 Å². The predicted octanol–water partition coefficient (Wildman–Crippen LogP) is 1.39. The zero-order chi connectivity index (χ0) is 11.4. The number of piperidine rings is 1. The molecule has 4 heteroatoms. The Hall–Kier alpha value is -1.03. The maximum Gasteiger partial charge on any atom is 0.205 e. The minimum Gasteiger partial charge on any atom is -0.341 e. The Labute approximate surface area is 97.7 Å². The third-order valence-electron chi connectivity index (χ3n) is 3.18. The van der Waals surface area contributed by atoms with E-state index in [4.69, 9.17) is 0 Å². The number of nitrogens with zero attached hydrogens (tertiary/aromatic N) is 3. The summed E-state index contributed by atoms with van der Waals surface area (Å²) in [6.45, 7) is 5.56. The molecule has 1 aromatic rings. The standard InChI is InChI=1S/C12H22N4/c1-3-6-13-11-5-4-8-16(10-11)12-14-7-9-15(12)2/h7,9,11,13H,3-6,8,10H2,1-2H3. The minimum absolute atomic E-state index is 0.630. The van der Waals surface area contributed by atoms with E-state index >= 15 is 0 Å². The Morgan fingerprint density at radius 2 is 2.44 bits per heavy atom. The van der Waals surface area contributed by atoms with Crippen molar-refractivity contribution in [3.05, 3.63) is 12.4 Å². The fourth-order valence-corrected chi connectivity index (χ4v) is 2.34. The van der Waals surface area contributed by atoms with Gasteiger partial charge in [0.05, 0.1) is 0 Å². The molecule has 0 saturated carbocycles. The number of hydrogen-bond acceptors (Lipinski definition) is 3. The lowest BCUT2D eigenvalue weighted by molar-refractivity contribution is 0.418. The van der Waals surface area contributed by atoms with Crippen molar-refractivity contribution in [3.8, 4) is 0 Å². The molecular formula is C12H22N4. The van der Waals surface area contributed by atoms with Gasteiger partial charge in [-0.2, -0.15) is 0 Å². The summed E-state index contributed by atoms with van der Waals surface area (Å²) in [5.41, 5.74) is 0. The number of aromatic nitrogens is 2. The van der Waals surface area contributed by atoms with E-state index in [0.29, 0.717) is 6.04 Å². The van der Waals surface area contributed by atoms with Gasteiger partial charge in [-0.05, 0) is 25.8 Å². The second kappa shape index (κ2) is 5.34. The first kappa shape index (κ1) is 11.5. The van der Waals surface area contributed by atoms with Crippen LogP contribution in [-0.4, -0.2) is 35.2 Å². The van der Waals surface area contributed by atoms with E-state index in [9.17, 15) is 0 Å². The molecule has 0 radical (unpaired) electrons. The molecule has 1 aliphatic heterocycles. The van der Waals surface area contributed by atoms with Gasteiger partial charge in [0.15, 0.2) is 0 Å². The van der Waals surface area contributed by atoms with Crippen molar-refractivity contribution in [2.24, 2.45) is 7.05 Å². The first-order valence-electron chi connectivity index (χ1n) is 6.27. The van der Waals surface area contributed by atoms with E-state index in [0.717, 1.165) is 25.6 Å². The van der Waals surface area contributed by atoms with Crippen LogP contribution in [0.4, 0.5) is 5.95 Å². The smallest absolute Gasteiger partial charge is 0.205 e. The van der Waals surface area contributed by atoms with Gasteiger partial charge < -0.3 is 14.8 Å². The first-order valence-corrected chi connectivity index (χ1v) is 6.27. The maximum atomic E-state index is 4.42.